The summed E-state index contributed by atoms with van der Waals surface area (Å²) in [6.07, 6.45) is 31.1. The molecule has 0 aromatic rings. The van der Waals surface area contributed by atoms with Crippen LogP contribution < -0.4 is 0 Å². The first-order chi connectivity index (χ1) is 40.2. The van der Waals surface area contributed by atoms with Gasteiger partial charge in [0.05, 0.1) is 74.3 Å². The van der Waals surface area contributed by atoms with E-state index in [1.807, 2.05) is 89.2 Å². The number of hydrogen-bond acceptors (Lipinski definition) is 13. The lowest BCUT2D eigenvalue weighted by atomic mass is 9.83. The van der Waals surface area contributed by atoms with Crippen molar-refractivity contribution in [3.8, 4) is 0 Å². The summed E-state index contributed by atoms with van der Waals surface area (Å²) in [6.45, 7) is 30.3. The molecular formula is C75H144O13. The maximum absolute atomic E-state index is 11.2. The van der Waals surface area contributed by atoms with Crippen molar-refractivity contribution in [2.75, 3.05) is 6.61 Å². The molecule has 0 aromatic carbocycles. The van der Waals surface area contributed by atoms with Gasteiger partial charge in [0.15, 0.2) is 0 Å². The van der Waals surface area contributed by atoms with Gasteiger partial charge in [-0.1, -0.05) is 59.4 Å². The molecule has 0 amide bonds. The SMILES string of the molecule is CC(C)=CCC(C)(O)CCCC(C)(O)CCCCC(C)(O)CCCC(C)(O)CCCC(C)(O)CCCC(C)(O)CCCC(C)(O)CCCC(C)(O)CCCC(C)(O)CCCC(C)(O)CCCC(C)(O)C(O)CC/C(C)=C/CC/C(C)=C\CC/C(C)=C\CO. The minimum Gasteiger partial charge on any atom is -0.392 e. The first-order valence-electron chi connectivity index (χ1n) is 35.0. The quantitative estimate of drug-likeness (QED) is 0.0200. The molecule has 0 rings (SSSR count). The van der Waals surface area contributed by atoms with Gasteiger partial charge in [0, 0.05) is 0 Å². The minimum atomic E-state index is -1.27. The summed E-state index contributed by atoms with van der Waals surface area (Å²) < 4.78 is 0. The fourth-order valence-corrected chi connectivity index (χ4v) is 12.7. The molecule has 0 saturated carbocycles. The fraction of sp³-hybridized carbons (Fsp3) is 0.893. The molecule has 0 heterocycles. The van der Waals surface area contributed by atoms with Crippen molar-refractivity contribution < 1.29 is 66.4 Å². The minimum absolute atomic E-state index is 0.0823. The summed E-state index contributed by atoms with van der Waals surface area (Å²) in [5.74, 6) is 0. The Labute approximate surface area is 539 Å². The molecule has 13 N–H and O–H groups in total. The third kappa shape index (κ3) is 47.3. The average molecular weight is 1250 g/mol. The van der Waals surface area contributed by atoms with Gasteiger partial charge in [0.2, 0.25) is 0 Å². The molecule has 12 atom stereocenters. The van der Waals surface area contributed by atoms with Gasteiger partial charge in [-0.25, -0.2) is 0 Å². The zero-order valence-electron chi connectivity index (χ0n) is 59.8. The summed E-state index contributed by atoms with van der Waals surface area (Å²) >= 11 is 0. The smallest absolute Gasteiger partial charge is 0.0877 e. The van der Waals surface area contributed by atoms with Crippen molar-refractivity contribution >= 4 is 0 Å². The largest absolute Gasteiger partial charge is 0.392 e. The van der Waals surface area contributed by atoms with E-state index in [1.54, 1.807) is 13.8 Å². The number of unbranched alkanes of at least 4 members (excludes halogenated alkanes) is 1. The van der Waals surface area contributed by atoms with Crippen molar-refractivity contribution in [2.45, 2.75) is 422 Å². The van der Waals surface area contributed by atoms with E-state index in [0.29, 0.717) is 199 Å². The Morgan fingerprint density at radius 1 is 0.284 bits per heavy atom. The summed E-state index contributed by atoms with van der Waals surface area (Å²) in [5, 5.41) is 142. The Kier molecular flexibility index (Phi) is 39.9. The van der Waals surface area contributed by atoms with Gasteiger partial charge >= 0.3 is 0 Å². The molecular weight excluding hydrogens is 1110 g/mol. The van der Waals surface area contributed by atoms with Gasteiger partial charge in [-0.3, -0.25) is 0 Å². The van der Waals surface area contributed by atoms with Gasteiger partial charge in [0.25, 0.3) is 0 Å². The zero-order valence-corrected chi connectivity index (χ0v) is 59.8. The van der Waals surface area contributed by atoms with Crippen LogP contribution in [0.25, 0.3) is 0 Å². The molecule has 88 heavy (non-hydrogen) atoms. The van der Waals surface area contributed by atoms with Crippen LogP contribution >= 0.6 is 0 Å². The van der Waals surface area contributed by atoms with E-state index < -0.39 is 67.7 Å². The summed E-state index contributed by atoms with van der Waals surface area (Å²) in [4.78, 5) is 0. The molecule has 0 bridgehead atoms. The fourth-order valence-electron chi connectivity index (χ4n) is 12.7. The van der Waals surface area contributed by atoms with Crippen LogP contribution in [0.15, 0.2) is 46.6 Å². The Balaban J connectivity index is 4.52. The predicted molar refractivity (Wildman–Crippen MR) is 366 cm³/mol. The first kappa shape index (κ1) is 86.4. The van der Waals surface area contributed by atoms with E-state index in [9.17, 15) is 61.3 Å². The molecule has 0 aliphatic carbocycles. The lowest BCUT2D eigenvalue weighted by Gasteiger charge is -2.32. The van der Waals surface area contributed by atoms with E-state index in [-0.39, 0.29) is 6.61 Å². The van der Waals surface area contributed by atoms with E-state index >= 15 is 0 Å². The van der Waals surface area contributed by atoms with Gasteiger partial charge in [-0.2, -0.15) is 0 Å². The standard InChI is InChI=1S/C75H144O13/c1-60(2)36-58-74(15,87)55-28-41-66(7,79)39-18-17-38-65(6,78)40-21-42-67(8,80)43-22-44-68(9,81)45-23-46-69(10,82)47-24-48-70(11,83)49-25-50-71(12,84)51-26-52-72(13,85)53-27-54-73(14,86)56-29-57-75(16,88)64(77)35-34-62(4)32-19-30-61(3)31-20-33-63(5)37-59-76/h31-32,36-37,64,76-88H,17-30,33-35,38-59H2,1-16H3/b61-31-,62-32+,63-37-. The average Bonchev–Trinajstić information content (AvgIpc) is 3.35. The third-order valence-electron chi connectivity index (χ3n) is 19.5. The van der Waals surface area contributed by atoms with Crippen LogP contribution in [0.4, 0.5) is 0 Å². The lowest BCUT2D eigenvalue weighted by molar-refractivity contribution is -0.0746. The second-order valence-corrected chi connectivity index (χ2v) is 32.2. The van der Waals surface area contributed by atoms with E-state index in [0.717, 1.165) is 44.9 Å². The van der Waals surface area contributed by atoms with Gasteiger partial charge in [0.1, 0.15) is 0 Å². The molecule has 0 aliphatic rings. The van der Waals surface area contributed by atoms with Gasteiger partial charge < -0.3 is 66.4 Å². The zero-order chi connectivity index (χ0) is 67.8. The van der Waals surface area contributed by atoms with Crippen molar-refractivity contribution in [1.29, 1.82) is 0 Å². The van der Waals surface area contributed by atoms with Crippen molar-refractivity contribution in [1.82, 2.24) is 0 Å². The van der Waals surface area contributed by atoms with Crippen LogP contribution in [0.1, 0.15) is 355 Å². The molecule has 0 spiro atoms. The highest BCUT2D eigenvalue weighted by molar-refractivity contribution is 5.07. The summed E-state index contributed by atoms with van der Waals surface area (Å²) in [7, 11) is 0. The van der Waals surface area contributed by atoms with E-state index in [4.69, 9.17) is 5.11 Å². The number of aliphatic hydroxyl groups excluding tert-OH is 2. The molecule has 0 saturated heterocycles. The predicted octanol–water partition coefficient (Wildman–Crippen LogP) is 15.2. The maximum atomic E-state index is 11.2. The molecule has 522 valence electrons. The molecule has 0 aliphatic heterocycles. The van der Waals surface area contributed by atoms with Crippen molar-refractivity contribution in [3.05, 3.63) is 46.6 Å². The Hall–Kier alpha value is -1.56. The highest BCUT2D eigenvalue weighted by atomic mass is 16.3. The molecule has 12 unspecified atom stereocenters. The molecule has 13 nitrogen and oxygen atoms in total. The highest BCUT2D eigenvalue weighted by Crippen LogP contribution is 2.35. The van der Waals surface area contributed by atoms with E-state index in [2.05, 4.69) is 32.1 Å². The highest BCUT2D eigenvalue weighted by Gasteiger charge is 2.34. The number of hydrogen-bond donors (Lipinski definition) is 13. The maximum Gasteiger partial charge on any atom is 0.0877 e. The van der Waals surface area contributed by atoms with Crippen LogP contribution in [0.2, 0.25) is 0 Å². The second-order valence-electron chi connectivity index (χ2n) is 32.2. The monoisotopic (exact) mass is 1250 g/mol. The van der Waals surface area contributed by atoms with Crippen molar-refractivity contribution in [3.63, 3.8) is 0 Å². The van der Waals surface area contributed by atoms with Crippen molar-refractivity contribution in [2.24, 2.45) is 0 Å². The van der Waals surface area contributed by atoms with Crippen LogP contribution in [-0.2, 0) is 0 Å². The first-order valence-corrected chi connectivity index (χ1v) is 35.0. The van der Waals surface area contributed by atoms with Gasteiger partial charge in [-0.05, 0) is 342 Å². The summed E-state index contributed by atoms with van der Waals surface area (Å²) in [5.41, 5.74) is -5.42. The number of rotatable bonds is 54. The normalized spacial score (nSPS) is 21.0. The summed E-state index contributed by atoms with van der Waals surface area (Å²) in [6, 6.07) is 0. The Morgan fingerprint density at radius 2 is 0.500 bits per heavy atom. The Bertz CT molecular complexity index is 1980. The molecule has 0 aromatic heterocycles. The van der Waals surface area contributed by atoms with Gasteiger partial charge in [-0.15, -0.1) is 0 Å². The third-order valence-corrected chi connectivity index (χ3v) is 19.5. The second kappa shape index (κ2) is 40.6. The van der Waals surface area contributed by atoms with Crippen LogP contribution in [0, 0.1) is 0 Å². The molecule has 13 heteroatoms. The van der Waals surface area contributed by atoms with Crippen LogP contribution in [0.3, 0.4) is 0 Å². The lowest BCUT2D eigenvalue weighted by Crippen LogP contribution is -2.39. The van der Waals surface area contributed by atoms with Crippen LogP contribution in [-0.4, -0.2) is 141 Å². The molecule has 0 fully saturated rings. The van der Waals surface area contributed by atoms with E-state index in [1.165, 1.54) is 22.3 Å². The number of allylic oxidation sites excluding steroid dienone is 6. The number of aliphatic hydroxyl groups is 13. The Morgan fingerprint density at radius 3 is 0.750 bits per heavy atom. The van der Waals surface area contributed by atoms with Crippen LogP contribution in [0.5, 0.6) is 0 Å². The molecule has 0 radical (unpaired) electrons. The topological polar surface area (TPSA) is 263 Å².